The van der Waals surface area contributed by atoms with Gasteiger partial charge in [0.15, 0.2) is 5.78 Å². The van der Waals surface area contributed by atoms with E-state index in [0.29, 0.717) is 12.8 Å². The average molecular weight is 286 g/mol. The molecule has 1 aromatic rings. The van der Waals surface area contributed by atoms with Crippen LogP contribution in [0.3, 0.4) is 0 Å². The monoisotopic (exact) mass is 285 g/mol. The number of hydrogen-bond acceptors (Lipinski definition) is 3. The van der Waals surface area contributed by atoms with Gasteiger partial charge < -0.3 is 5.73 Å². The van der Waals surface area contributed by atoms with Gasteiger partial charge in [-0.25, -0.2) is 0 Å². The highest BCUT2D eigenvalue weighted by Gasteiger charge is 2.18. The Balaban J connectivity index is 2.80. The molecule has 0 aliphatic rings. The number of aryl methyl sites for hydroxylation is 2. The van der Waals surface area contributed by atoms with Gasteiger partial charge in [0, 0.05) is 7.05 Å². The topological polar surface area (TPSA) is 60.9 Å². The quantitative estimate of drug-likeness (QED) is 0.835. The summed E-state index contributed by atoms with van der Waals surface area (Å²) in [5, 5.41) is 4.23. The van der Waals surface area contributed by atoms with Crippen molar-refractivity contribution in [3.05, 3.63) is 28.5 Å². The third-order valence-corrected chi connectivity index (χ3v) is 3.47. The second-order valence-electron chi connectivity index (χ2n) is 3.74. The van der Waals surface area contributed by atoms with Crippen LogP contribution in [0, 0.1) is 6.92 Å². The molecule has 0 aliphatic heterocycles. The number of carbonyl (C=O) groups is 1. The molecule has 1 atom stereocenters. The summed E-state index contributed by atoms with van der Waals surface area (Å²) in [6.45, 7) is 5.46. The Morgan fingerprint density at radius 2 is 2.38 bits per heavy atom. The third kappa shape index (κ3) is 2.80. The van der Waals surface area contributed by atoms with Gasteiger partial charge in [0.1, 0.15) is 0 Å². The van der Waals surface area contributed by atoms with Crippen molar-refractivity contribution in [3.8, 4) is 0 Å². The number of nitrogens with zero attached hydrogens (tertiary/aromatic N) is 2. The third-order valence-electron chi connectivity index (χ3n) is 2.44. The zero-order chi connectivity index (χ0) is 12.3. The van der Waals surface area contributed by atoms with E-state index in [0.717, 1.165) is 15.9 Å². The van der Waals surface area contributed by atoms with Crippen molar-refractivity contribution in [2.24, 2.45) is 12.8 Å². The fourth-order valence-electron chi connectivity index (χ4n) is 1.48. The molecular formula is C11H16BrN3O. The normalized spacial score (nSPS) is 12.5. The number of Topliss-reactive ketones (excluding diaryl/α,β-unsaturated/α-hetero) is 1. The van der Waals surface area contributed by atoms with Gasteiger partial charge in [0.2, 0.25) is 0 Å². The second kappa shape index (κ2) is 5.41. The van der Waals surface area contributed by atoms with Crippen LogP contribution in [0.15, 0.2) is 17.1 Å². The number of nitrogens with two attached hydrogens (primary N) is 1. The minimum absolute atomic E-state index is 0.00333. The van der Waals surface area contributed by atoms with Crippen molar-refractivity contribution in [2.75, 3.05) is 0 Å². The van der Waals surface area contributed by atoms with Gasteiger partial charge in [-0.2, -0.15) is 5.10 Å². The summed E-state index contributed by atoms with van der Waals surface area (Å²) in [6, 6.07) is -0.473. The van der Waals surface area contributed by atoms with E-state index in [1.54, 1.807) is 10.8 Å². The molecule has 0 bridgehead atoms. The molecule has 1 rings (SSSR count). The summed E-state index contributed by atoms with van der Waals surface area (Å²) >= 11 is 3.42. The molecule has 1 unspecified atom stereocenters. The Morgan fingerprint density at radius 3 is 2.81 bits per heavy atom. The molecule has 0 aromatic carbocycles. The van der Waals surface area contributed by atoms with Crippen LogP contribution in [-0.4, -0.2) is 21.6 Å². The summed E-state index contributed by atoms with van der Waals surface area (Å²) in [5.74, 6) is 0.00333. The van der Waals surface area contributed by atoms with E-state index in [9.17, 15) is 4.79 Å². The van der Waals surface area contributed by atoms with E-state index < -0.39 is 6.04 Å². The van der Waals surface area contributed by atoms with Crippen LogP contribution in [-0.2, 0) is 18.3 Å². The van der Waals surface area contributed by atoms with Gasteiger partial charge in [-0.15, -0.1) is 6.58 Å². The molecule has 2 N–H and O–H groups in total. The van der Waals surface area contributed by atoms with Crippen molar-refractivity contribution < 1.29 is 4.79 Å². The van der Waals surface area contributed by atoms with Crippen LogP contribution in [0.1, 0.15) is 17.8 Å². The molecule has 0 radical (unpaired) electrons. The number of aromatic nitrogens is 2. The van der Waals surface area contributed by atoms with Gasteiger partial charge in [0.25, 0.3) is 0 Å². The van der Waals surface area contributed by atoms with Crippen molar-refractivity contribution in [1.82, 2.24) is 9.78 Å². The maximum absolute atomic E-state index is 11.8. The number of hydrogen-bond donors (Lipinski definition) is 1. The largest absolute Gasteiger partial charge is 0.321 e. The Hall–Kier alpha value is -0.940. The Labute approximate surface area is 104 Å². The number of carbonyl (C=O) groups excluding carboxylic acids is 1. The number of rotatable bonds is 5. The van der Waals surface area contributed by atoms with Gasteiger partial charge in [-0.3, -0.25) is 9.48 Å². The fraction of sp³-hybridized carbons (Fsp3) is 0.455. The fourth-order valence-corrected chi connectivity index (χ4v) is 1.96. The molecular weight excluding hydrogens is 270 g/mol. The first kappa shape index (κ1) is 13.1. The zero-order valence-electron chi connectivity index (χ0n) is 9.53. The predicted octanol–water partition coefficient (Wildman–Crippen LogP) is 1.51. The molecule has 1 heterocycles. The Bertz CT molecular complexity index is 412. The average Bonchev–Trinajstić information content (AvgIpc) is 2.45. The molecule has 0 aliphatic carbocycles. The summed E-state index contributed by atoms with van der Waals surface area (Å²) in [5.41, 5.74) is 7.46. The standard InChI is InChI=1S/C11H16BrN3O/c1-4-5-8(13)10(16)6-9-11(12)7(2)14-15(9)3/h4,8H,1,5-6,13H2,2-3H3. The van der Waals surface area contributed by atoms with Crippen molar-refractivity contribution in [3.63, 3.8) is 0 Å². The molecule has 0 fully saturated rings. The Morgan fingerprint density at radius 1 is 1.75 bits per heavy atom. The van der Waals surface area contributed by atoms with Crippen LogP contribution in [0.2, 0.25) is 0 Å². The lowest BCUT2D eigenvalue weighted by molar-refractivity contribution is -0.119. The van der Waals surface area contributed by atoms with E-state index in [4.69, 9.17) is 5.73 Å². The minimum atomic E-state index is -0.473. The minimum Gasteiger partial charge on any atom is -0.321 e. The number of ketones is 1. The van der Waals surface area contributed by atoms with Gasteiger partial charge >= 0.3 is 0 Å². The maximum atomic E-state index is 11.8. The summed E-state index contributed by atoms with van der Waals surface area (Å²) in [4.78, 5) is 11.8. The highest BCUT2D eigenvalue weighted by Crippen LogP contribution is 2.21. The van der Waals surface area contributed by atoms with Crippen molar-refractivity contribution in [1.29, 1.82) is 0 Å². The van der Waals surface area contributed by atoms with Crippen LogP contribution < -0.4 is 5.73 Å². The molecule has 5 heteroatoms. The highest BCUT2D eigenvalue weighted by atomic mass is 79.9. The SMILES string of the molecule is C=CCC(N)C(=O)Cc1c(Br)c(C)nn1C. The van der Waals surface area contributed by atoms with Crippen molar-refractivity contribution in [2.45, 2.75) is 25.8 Å². The molecule has 1 aromatic heterocycles. The first-order valence-electron chi connectivity index (χ1n) is 5.04. The first-order valence-corrected chi connectivity index (χ1v) is 5.83. The van der Waals surface area contributed by atoms with E-state index in [1.165, 1.54) is 0 Å². The van der Waals surface area contributed by atoms with E-state index in [1.807, 2.05) is 14.0 Å². The summed E-state index contributed by atoms with van der Waals surface area (Å²) < 4.78 is 2.59. The summed E-state index contributed by atoms with van der Waals surface area (Å²) in [7, 11) is 1.82. The highest BCUT2D eigenvalue weighted by molar-refractivity contribution is 9.10. The smallest absolute Gasteiger partial charge is 0.155 e. The van der Waals surface area contributed by atoms with Gasteiger partial charge in [0.05, 0.1) is 28.3 Å². The van der Waals surface area contributed by atoms with Crippen molar-refractivity contribution >= 4 is 21.7 Å². The van der Waals surface area contributed by atoms with Crippen LogP contribution in [0.4, 0.5) is 0 Å². The van der Waals surface area contributed by atoms with Crippen LogP contribution >= 0.6 is 15.9 Å². The van der Waals surface area contributed by atoms with E-state index >= 15 is 0 Å². The van der Waals surface area contributed by atoms with E-state index in [2.05, 4.69) is 27.6 Å². The molecule has 4 nitrogen and oxygen atoms in total. The molecule has 0 saturated carbocycles. The lowest BCUT2D eigenvalue weighted by Gasteiger charge is -2.08. The lowest BCUT2D eigenvalue weighted by Crippen LogP contribution is -2.31. The lowest BCUT2D eigenvalue weighted by atomic mass is 10.1. The predicted molar refractivity (Wildman–Crippen MR) is 67.1 cm³/mol. The maximum Gasteiger partial charge on any atom is 0.155 e. The molecule has 0 amide bonds. The van der Waals surface area contributed by atoms with Gasteiger partial charge in [-0.05, 0) is 29.3 Å². The van der Waals surface area contributed by atoms with Crippen LogP contribution in [0.25, 0.3) is 0 Å². The molecule has 0 spiro atoms. The molecule has 88 valence electrons. The van der Waals surface area contributed by atoms with Gasteiger partial charge in [-0.1, -0.05) is 6.08 Å². The first-order chi connectivity index (χ1) is 7.47. The Kier molecular flexibility index (Phi) is 4.44. The molecule has 16 heavy (non-hydrogen) atoms. The number of halogens is 1. The van der Waals surface area contributed by atoms with Crippen LogP contribution in [0.5, 0.6) is 0 Å². The zero-order valence-corrected chi connectivity index (χ0v) is 11.1. The summed E-state index contributed by atoms with van der Waals surface area (Å²) in [6.07, 6.45) is 2.46. The second-order valence-corrected chi connectivity index (χ2v) is 4.54. The molecule has 0 saturated heterocycles. The van der Waals surface area contributed by atoms with E-state index in [-0.39, 0.29) is 5.78 Å².